The van der Waals surface area contributed by atoms with E-state index in [0.717, 1.165) is 23.7 Å². The van der Waals surface area contributed by atoms with Gasteiger partial charge in [0.1, 0.15) is 0 Å². The molecule has 2 saturated carbocycles. The highest BCUT2D eigenvalue weighted by Gasteiger charge is 2.51. The molecule has 2 bridgehead atoms. The molecule has 4 atom stereocenters. The summed E-state index contributed by atoms with van der Waals surface area (Å²) in [5.74, 6) is 3.66. The Bertz CT molecular complexity index is 219. The minimum atomic E-state index is 0.324. The van der Waals surface area contributed by atoms with Crippen molar-refractivity contribution >= 4 is 0 Å². The maximum Gasteiger partial charge on any atom is 0.0644 e. The third-order valence-corrected chi connectivity index (χ3v) is 4.00. The van der Waals surface area contributed by atoms with Gasteiger partial charge in [0, 0.05) is 0 Å². The first kappa shape index (κ1) is 6.24. The lowest BCUT2D eigenvalue weighted by Gasteiger charge is -2.38. The maximum absolute atomic E-state index is 8.99. The maximum atomic E-state index is 8.99. The SMILES string of the molecule is OCC1=CC2C3CCC(C3)C12. The second kappa shape index (κ2) is 1.89. The van der Waals surface area contributed by atoms with Crippen LogP contribution >= 0.6 is 0 Å². The fourth-order valence-corrected chi connectivity index (χ4v) is 3.52. The quantitative estimate of drug-likeness (QED) is 0.563. The van der Waals surface area contributed by atoms with Crippen LogP contribution < -0.4 is 0 Å². The Morgan fingerprint density at radius 2 is 2.18 bits per heavy atom. The predicted molar refractivity (Wildman–Crippen MR) is 43.0 cm³/mol. The summed E-state index contributed by atoms with van der Waals surface area (Å²) in [4.78, 5) is 0. The summed E-state index contributed by atoms with van der Waals surface area (Å²) < 4.78 is 0. The molecule has 0 spiro atoms. The molecule has 3 aliphatic carbocycles. The standard InChI is InChI=1S/C10H14O/c11-5-8-4-9-6-1-2-7(3-6)10(8)9/h4,6-7,9-11H,1-3,5H2. The molecule has 0 radical (unpaired) electrons. The summed E-state index contributed by atoms with van der Waals surface area (Å²) in [6.45, 7) is 0.324. The molecular formula is C10H14O. The molecule has 0 aliphatic heterocycles. The van der Waals surface area contributed by atoms with Crippen LogP contribution in [0.2, 0.25) is 0 Å². The van der Waals surface area contributed by atoms with Crippen LogP contribution in [-0.2, 0) is 0 Å². The molecule has 0 heterocycles. The van der Waals surface area contributed by atoms with Crippen LogP contribution in [0.25, 0.3) is 0 Å². The van der Waals surface area contributed by atoms with Gasteiger partial charge in [-0.2, -0.15) is 0 Å². The van der Waals surface area contributed by atoms with Gasteiger partial charge in [0.05, 0.1) is 6.61 Å². The molecule has 0 aromatic rings. The van der Waals surface area contributed by atoms with Crippen LogP contribution in [0.3, 0.4) is 0 Å². The van der Waals surface area contributed by atoms with Crippen molar-refractivity contribution in [3.63, 3.8) is 0 Å². The number of hydrogen-bond donors (Lipinski definition) is 1. The van der Waals surface area contributed by atoms with Gasteiger partial charge in [-0.1, -0.05) is 6.08 Å². The van der Waals surface area contributed by atoms with Gasteiger partial charge in [0.2, 0.25) is 0 Å². The lowest BCUT2D eigenvalue weighted by atomic mass is 9.67. The van der Waals surface area contributed by atoms with E-state index in [0.29, 0.717) is 6.61 Å². The minimum absolute atomic E-state index is 0.324. The molecule has 2 fully saturated rings. The Morgan fingerprint density at radius 3 is 2.91 bits per heavy atom. The summed E-state index contributed by atoms with van der Waals surface area (Å²) in [5.41, 5.74) is 1.35. The van der Waals surface area contributed by atoms with Gasteiger partial charge in [-0.3, -0.25) is 0 Å². The van der Waals surface area contributed by atoms with Gasteiger partial charge < -0.3 is 5.11 Å². The van der Waals surface area contributed by atoms with Crippen molar-refractivity contribution < 1.29 is 5.11 Å². The number of aliphatic hydroxyl groups is 1. The predicted octanol–water partition coefficient (Wildman–Crippen LogP) is 1.58. The van der Waals surface area contributed by atoms with Crippen molar-refractivity contribution in [3.05, 3.63) is 11.6 Å². The van der Waals surface area contributed by atoms with E-state index in [1.54, 1.807) is 0 Å². The van der Waals surface area contributed by atoms with E-state index in [1.165, 1.54) is 24.8 Å². The number of allylic oxidation sites excluding steroid dienone is 1. The zero-order valence-electron chi connectivity index (χ0n) is 6.66. The van der Waals surface area contributed by atoms with Gasteiger partial charge in [0.25, 0.3) is 0 Å². The van der Waals surface area contributed by atoms with Gasteiger partial charge in [-0.05, 0) is 48.5 Å². The average Bonchev–Trinajstić information content (AvgIpc) is 2.43. The Labute approximate surface area is 67.1 Å². The Balaban J connectivity index is 1.91. The van der Waals surface area contributed by atoms with Crippen molar-refractivity contribution in [1.29, 1.82) is 0 Å². The molecule has 0 aromatic heterocycles. The molecule has 0 saturated heterocycles. The Hall–Kier alpha value is -0.300. The zero-order chi connectivity index (χ0) is 7.42. The van der Waals surface area contributed by atoms with Gasteiger partial charge in [-0.25, -0.2) is 0 Å². The minimum Gasteiger partial charge on any atom is -0.392 e. The third kappa shape index (κ3) is 0.610. The van der Waals surface area contributed by atoms with E-state index < -0.39 is 0 Å². The van der Waals surface area contributed by atoms with Crippen LogP contribution in [0.4, 0.5) is 0 Å². The third-order valence-electron chi connectivity index (χ3n) is 4.00. The molecule has 11 heavy (non-hydrogen) atoms. The highest BCUT2D eigenvalue weighted by molar-refractivity contribution is 5.29. The zero-order valence-corrected chi connectivity index (χ0v) is 6.66. The molecule has 1 N–H and O–H groups in total. The highest BCUT2D eigenvalue weighted by Crippen LogP contribution is 2.60. The molecule has 1 heteroatoms. The first-order chi connectivity index (χ1) is 5.40. The summed E-state index contributed by atoms with van der Waals surface area (Å²) in [5, 5.41) is 8.99. The second-order valence-corrected chi connectivity index (χ2v) is 4.34. The molecule has 0 amide bonds. The molecule has 4 unspecified atom stereocenters. The van der Waals surface area contributed by atoms with Crippen LogP contribution in [0.15, 0.2) is 11.6 Å². The molecule has 60 valence electrons. The van der Waals surface area contributed by atoms with Crippen LogP contribution in [0.5, 0.6) is 0 Å². The topological polar surface area (TPSA) is 20.2 Å². The first-order valence-electron chi connectivity index (χ1n) is 4.71. The fourth-order valence-electron chi connectivity index (χ4n) is 3.52. The molecular weight excluding hydrogens is 136 g/mol. The smallest absolute Gasteiger partial charge is 0.0644 e. The van der Waals surface area contributed by atoms with Crippen molar-refractivity contribution in [2.75, 3.05) is 6.61 Å². The van der Waals surface area contributed by atoms with Crippen LogP contribution in [-0.4, -0.2) is 11.7 Å². The Kier molecular flexibility index (Phi) is 1.07. The van der Waals surface area contributed by atoms with Gasteiger partial charge in [0.15, 0.2) is 0 Å². The van der Waals surface area contributed by atoms with Gasteiger partial charge >= 0.3 is 0 Å². The number of hydrogen-bond acceptors (Lipinski definition) is 1. The van der Waals surface area contributed by atoms with E-state index >= 15 is 0 Å². The summed E-state index contributed by atoms with van der Waals surface area (Å²) in [6, 6.07) is 0. The monoisotopic (exact) mass is 150 g/mol. The normalized spacial score (nSPS) is 51.9. The van der Waals surface area contributed by atoms with Crippen molar-refractivity contribution in [2.24, 2.45) is 23.7 Å². The van der Waals surface area contributed by atoms with Crippen LogP contribution in [0, 0.1) is 23.7 Å². The van der Waals surface area contributed by atoms with Gasteiger partial charge in [-0.15, -0.1) is 0 Å². The number of aliphatic hydroxyl groups excluding tert-OH is 1. The summed E-state index contributed by atoms with van der Waals surface area (Å²) in [7, 11) is 0. The molecule has 1 nitrogen and oxygen atoms in total. The van der Waals surface area contributed by atoms with E-state index in [-0.39, 0.29) is 0 Å². The average molecular weight is 150 g/mol. The van der Waals surface area contributed by atoms with E-state index in [4.69, 9.17) is 5.11 Å². The largest absolute Gasteiger partial charge is 0.392 e. The van der Waals surface area contributed by atoms with E-state index in [2.05, 4.69) is 6.08 Å². The van der Waals surface area contributed by atoms with Crippen LogP contribution in [0.1, 0.15) is 19.3 Å². The fraction of sp³-hybridized carbons (Fsp3) is 0.800. The number of rotatable bonds is 1. The second-order valence-electron chi connectivity index (χ2n) is 4.34. The first-order valence-corrected chi connectivity index (χ1v) is 4.71. The van der Waals surface area contributed by atoms with E-state index in [1.807, 2.05) is 0 Å². The van der Waals surface area contributed by atoms with E-state index in [9.17, 15) is 0 Å². The van der Waals surface area contributed by atoms with Crippen molar-refractivity contribution in [1.82, 2.24) is 0 Å². The summed E-state index contributed by atoms with van der Waals surface area (Å²) in [6.07, 6.45) is 6.67. The lowest BCUT2D eigenvalue weighted by Crippen LogP contribution is -2.32. The van der Waals surface area contributed by atoms with Crippen molar-refractivity contribution in [2.45, 2.75) is 19.3 Å². The molecule has 3 rings (SSSR count). The number of fused-ring (bicyclic) bond motifs is 5. The van der Waals surface area contributed by atoms with Crippen molar-refractivity contribution in [3.8, 4) is 0 Å². The summed E-state index contributed by atoms with van der Waals surface area (Å²) >= 11 is 0. The Morgan fingerprint density at radius 1 is 1.36 bits per heavy atom. The lowest BCUT2D eigenvalue weighted by molar-refractivity contribution is 0.218. The molecule has 0 aromatic carbocycles. The molecule has 3 aliphatic rings. The highest BCUT2D eigenvalue weighted by atomic mass is 16.3.